The third-order valence-electron chi connectivity index (χ3n) is 4.48. The van der Waals surface area contributed by atoms with Crippen LogP contribution in [0.4, 0.5) is 4.39 Å². The lowest BCUT2D eigenvalue weighted by Gasteiger charge is -2.38. The second-order valence-corrected chi connectivity index (χ2v) is 6.47. The fourth-order valence-corrected chi connectivity index (χ4v) is 2.92. The van der Waals surface area contributed by atoms with Crippen LogP contribution in [-0.4, -0.2) is 47.0 Å². The van der Waals surface area contributed by atoms with Crippen molar-refractivity contribution in [1.82, 2.24) is 9.88 Å². The van der Waals surface area contributed by atoms with E-state index in [0.29, 0.717) is 23.4 Å². The van der Waals surface area contributed by atoms with Crippen molar-refractivity contribution in [3.63, 3.8) is 0 Å². The van der Waals surface area contributed by atoms with Gasteiger partial charge in [0.15, 0.2) is 5.60 Å². The zero-order valence-electron chi connectivity index (χ0n) is 14.4. The highest BCUT2D eigenvalue weighted by atomic mass is 19.1. The third-order valence-corrected chi connectivity index (χ3v) is 4.48. The maximum atomic E-state index is 13.8. The molecule has 1 aromatic carbocycles. The van der Waals surface area contributed by atoms with E-state index >= 15 is 0 Å². The lowest BCUT2D eigenvalue weighted by atomic mass is 10.0. The number of morpholine rings is 1. The van der Waals surface area contributed by atoms with Crippen molar-refractivity contribution in [2.75, 3.05) is 19.7 Å². The van der Waals surface area contributed by atoms with Crippen LogP contribution >= 0.6 is 0 Å². The van der Waals surface area contributed by atoms with Crippen molar-refractivity contribution < 1.29 is 18.7 Å². The van der Waals surface area contributed by atoms with E-state index in [1.165, 1.54) is 17.2 Å². The fourth-order valence-electron chi connectivity index (χ4n) is 2.92. The summed E-state index contributed by atoms with van der Waals surface area (Å²) in [5.41, 5.74) is 5.71. The molecule has 2 heterocycles. The molecule has 0 radical (unpaired) electrons. The first-order chi connectivity index (χ1) is 12.4. The average Bonchev–Trinajstić information content (AvgIpc) is 2.63. The zero-order chi connectivity index (χ0) is 18.7. The number of carbonyl (C=O) groups excluding carboxylic acids is 2. The van der Waals surface area contributed by atoms with Gasteiger partial charge in [-0.3, -0.25) is 14.6 Å². The van der Waals surface area contributed by atoms with Gasteiger partial charge in [-0.05, 0) is 30.7 Å². The summed E-state index contributed by atoms with van der Waals surface area (Å²) in [4.78, 5) is 30.1. The first kappa shape index (κ1) is 18.0. The topological polar surface area (TPSA) is 85.5 Å². The quantitative estimate of drug-likeness (QED) is 0.899. The highest BCUT2D eigenvalue weighted by Crippen LogP contribution is 2.20. The van der Waals surface area contributed by atoms with Gasteiger partial charge in [0.25, 0.3) is 11.8 Å². The smallest absolute Gasteiger partial charge is 0.254 e. The van der Waals surface area contributed by atoms with Gasteiger partial charge in [0.1, 0.15) is 5.82 Å². The minimum atomic E-state index is -1.20. The monoisotopic (exact) mass is 357 g/mol. The Hall–Kier alpha value is -2.80. The number of aromatic nitrogens is 1. The average molecular weight is 357 g/mol. The summed E-state index contributed by atoms with van der Waals surface area (Å²) in [6, 6.07) is 9.71. The molecule has 0 spiro atoms. The minimum absolute atomic E-state index is 0.0894. The van der Waals surface area contributed by atoms with E-state index in [-0.39, 0.29) is 31.3 Å². The Bertz CT molecular complexity index is 842. The number of benzene rings is 1. The van der Waals surface area contributed by atoms with Crippen molar-refractivity contribution in [1.29, 1.82) is 0 Å². The lowest BCUT2D eigenvalue weighted by Crippen LogP contribution is -2.58. The molecule has 1 aliphatic heterocycles. The Morgan fingerprint density at radius 2 is 2.12 bits per heavy atom. The number of pyridine rings is 1. The van der Waals surface area contributed by atoms with E-state index in [4.69, 9.17) is 10.5 Å². The summed E-state index contributed by atoms with van der Waals surface area (Å²) in [6.07, 6.45) is 1.81. The van der Waals surface area contributed by atoms with Crippen LogP contribution in [0.3, 0.4) is 0 Å². The van der Waals surface area contributed by atoms with Crippen LogP contribution in [0.5, 0.6) is 0 Å². The number of halogens is 1. The molecule has 2 aromatic rings. The summed E-state index contributed by atoms with van der Waals surface area (Å²) in [6.45, 7) is 2.27. The molecular formula is C19H20FN3O3. The Balaban J connectivity index is 1.78. The molecule has 3 rings (SSSR count). The maximum Gasteiger partial charge on any atom is 0.254 e. The van der Waals surface area contributed by atoms with Crippen LogP contribution in [0.15, 0.2) is 42.6 Å². The van der Waals surface area contributed by atoms with Gasteiger partial charge in [0.05, 0.1) is 13.2 Å². The highest BCUT2D eigenvalue weighted by Gasteiger charge is 2.39. The number of rotatable bonds is 4. The van der Waals surface area contributed by atoms with Crippen molar-refractivity contribution in [2.45, 2.75) is 18.9 Å². The molecule has 1 saturated heterocycles. The molecule has 0 unspecified atom stereocenters. The Labute approximate surface area is 150 Å². The molecule has 1 fully saturated rings. The fraction of sp³-hybridized carbons (Fsp3) is 0.316. The Kier molecular flexibility index (Phi) is 4.99. The standard InChI is InChI=1S/C19H20FN3O3/c1-19(18(21)25)12-23(8-9-26-19)17(24)14-6-7-22-15(11-14)10-13-4-2-3-5-16(13)20/h2-7,11H,8-10,12H2,1H3,(H2,21,25)/t19-/m1/s1. The first-order valence-electron chi connectivity index (χ1n) is 8.30. The lowest BCUT2D eigenvalue weighted by molar-refractivity contribution is -0.150. The number of primary amides is 1. The summed E-state index contributed by atoms with van der Waals surface area (Å²) < 4.78 is 19.3. The third kappa shape index (κ3) is 3.72. The van der Waals surface area contributed by atoms with Gasteiger partial charge in [-0.2, -0.15) is 0 Å². The number of carbonyl (C=O) groups is 2. The van der Waals surface area contributed by atoms with Crippen molar-refractivity contribution in [2.24, 2.45) is 5.73 Å². The summed E-state index contributed by atoms with van der Waals surface area (Å²) in [7, 11) is 0. The Morgan fingerprint density at radius 1 is 1.35 bits per heavy atom. The van der Waals surface area contributed by atoms with Gasteiger partial charge in [-0.1, -0.05) is 18.2 Å². The largest absolute Gasteiger partial charge is 0.367 e. The molecular weight excluding hydrogens is 337 g/mol. The van der Waals surface area contributed by atoms with Crippen LogP contribution < -0.4 is 5.73 Å². The molecule has 7 heteroatoms. The predicted molar refractivity (Wildman–Crippen MR) is 92.9 cm³/mol. The molecule has 136 valence electrons. The van der Waals surface area contributed by atoms with Crippen molar-refractivity contribution in [3.05, 3.63) is 65.2 Å². The van der Waals surface area contributed by atoms with E-state index in [2.05, 4.69) is 4.98 Å². The number of hydrogen-bond donors (Lipinski definition) is 1. The Morgan fingerprint density at radius 3 is 2.85 bits per heavy atom. The second kappa shape index (κ2) is 7.21. The van der Waals surface area contributed by atoms with Gasteiger partial charge in [0, 0.05) is 30.4 Å². The number of nitrogens with two attached hydrogens (primary N) is 1. The summed E-state index contributed by atoms with van der Waals surface area (Å²) in [5.74, 6) is -1.15. The van der Waals surface area contributed by atoms with E-state index in [1.54, 1.807) is 37.3 Å². The molecule has 1 aliphatic rings. The zero-order valence-corrected chi connectivity index (χ0v) is 14.4. The van der Waals surface area contributed by atoms with Crippen molar-refractivity contribution >= 4 is 11.8 Å². The van der Waals surface area contributed by atoms with Gasteiger partial charge >= 0.3 is 0 Å². The van der Waals surface area contributed by atoms with Gasteiger partial charge in [0.2, 0.25) is 0 Å². The second-order valence-electron chi connectivity index (χ2n) is 6.47. The van der Waals surface area contributed by atoms with Crippen LogP contribution in [-0.2, 0) is 16.0 Å². The molecule has 0 aliphatic carbocycles. The van der Waals surface area contributed by atoms with Crippen molar-refractivity contribution in [3.8, 4) is 0 Å². The normalized spacial score (nSPS) is 20.0. The molecule has 6 nitrogen and oxygen atoms in total. The van der Waals surface area contributed by atoms with Gasteiger partial charge < -0.3 is 15.4 Å². The predicted octanol–water partition coefficient (Wildman–Crippen LogP) is 1.53. The van der Waals surface area contributed by atoms with Crippen LogP contribution in [0.25, 0.3) is 0 Å². The van der Waals surface area contributed by atoms with E-state index in [1.807, 2.05) is 0 Å². The SMILES string of the molecule is C[C@]1(C(N)=O)CN(C(=O)c2ccnc(Cc3ccccc3F)c2)CCO1. The molecule has 2 N–H and O–H groups in total. The van der Waals surface area contributed by atoms with E-state index < -0.39 is 11.5 Å². The van der Waals surface area contributed by atoms with Crippen LogP contribution in [0.2, 0.25) is 0 Å². The molecule has 26 heavy (non-hydrogen) atoms. The van der Waals surface area contributed by atoms with Gasteiger partial charge in [-0.25, -0.2) is 4.39 Å². The minimum Gasteiger partial charge on any atom is -0.367 e. The van der Waals surface area contributed by atoms with Gasteiger partial charge in [-0.15, -0.1) is 0 Å². The van der Waals surface area contributed by atoms with E-state index in [9.17, 15) is 14.0 Å². The summed E-state index contributed by atoms with van der Waals surface area (Å²) in [5, 5.41) is 0. The van der Waals surface area contributed by atoms with Crippen LogP contribution in [0.1, 0.15) is 28.5 Å². The van der Waals surface area contributed by atoms with Crippen LogP contribution in [0, 0.1) is 5.82 Å². The summed E-state index contributed by atoms with van der Waals surface area (Å²) >= 11 is 0. The number of hydrogen-bond acceptors (Lipinski definition) is 4. The number of nitrogens with zero attached hydrogens (tertiary/aromatic N) is 2. The molecule has 2 amide bonds. The number of amides is 2. The first-order valence-corrected chi connectivity index (χ1v) is 8.30. The molecule has 0 bridgehead atoms. The number of ether oxygens (including phenoxy) is 1. The van der Waals surface area contributed by atoms with E-state index in [0.717, 1.165) is 0 Å². The highest BCUT2D eigenvalue weighted by molar-refractivity contribution is 5.95. The maximum absolute atomic E-state index is 13.8. The molecule has 0 saturated carbocycles. The molecule has 1 aromatic heterocycles. The molecule has 1 atom stereocenters.